The monoisotopic (exact) mass is 288 g/mol. The quantitative estimate of drug-likeness (QED) is 0.858. The van der Waals surface area contributed by atoms with Gasteiger partial charge in [-0.15, -0.1) is 0 Å². The first-order valence-electron chi connectivity index (χ1n) is 7.23. The normalized spacial score (nSPS) is 17.2. The van der Waals surface area contributed by atoms with Gasteiger partial charge in [0.2, 0.25) is 0 Å². The lowest BCUT2D eigenvalue weighted by atomic mass is 10.1. The summed E-state index contributed by atoms with van der Waals surface area (Å²) >= 11 is 0. The third kappa shape index (κ3) is 2.74. The van der Waals surface area contributed by atoms with E-state index in [0.717, 1.165) is 42.6 Å². The first-order chi connectivity index (χ1) is 10.0. The maximum atomic E-state index is 11.6. The Hall–Kier alpha value is -2.01. The van der Waals surface area contributed by atoms with Crippen molar-refractivity contribution in [1.29, 1.82) is 0 Å². The van der Waals surface area contributed by atoms with E-state index in [1.54, 1.807) is 6.07 Å². The summed E-state index contributed by atoms with van der Waals surface area (Å²) in [6.07, 6.45) is 2.25. The SMILES string of the molecule is Cc1c(OC2CCN(C)CC2)ccc2cc(N)c(=O)oc12. The van der Waals surface area contributed by atoms with Crippen LogP contribution < -0.4 is 16.1 Å². The molecule has 2 N–H and O–H groups in total. The molecule has 1 saturated heterocycles. The van der Waals surface area contributed by atoms with Gasteiger partial charge >= 0.3 is 5.63 Å². The van der Waals surface area contributed by atoms with Gasteiger partial charge in [-0.05, 0) is 45.0 Å². The van der Waals surface area contributed by atoms with Crippen molar-refractivity contribution in [3.8, 4) is 5.75 Å². The molecule has 112 valence electrons. The van der Waals surface area contributed by atoms with Gasteiger partial charge in [0.1, 0.15) is 23.1 Å². The van der Waals surface area contributed by atoms with Crippen molar-refractivity contribution < 1.29 is 9.15 Å². The van der Waals surface area contributed by atoms with Crippen LogP contribution in [-0.4, -0.2) is 31.1 Å². The zero-order valence-electron chi connectivity index (χ0n) is 12.4. The van der Waals surface area contributed by atoms with Gasteiger partial charge in [0.05, 0.1) is 0 Å². The molecule has 0 radical (unpaired) electrons. The molecule has 0 spiro atoms. The van der Waals surface area contributed by atoms with E-state index in [2.05, 4.69) is 11.9 Å². The number of rotatable bonds is 2. The van der Waals surface area contributed by atoms with E-state index < -0.39 is 5.63 Å². The second-order valence-electron chi connectivity index (χ2n) is 5.72. The molecule has 5 nitrogen and oxygen atoms in total. The molecule has 2 aromatic rings. The van der Waals surface area contributed by atoms with E-state index >= 15 is 0 Å². The highest BCUT2D eigenvalue weighted by molar-refractivity contribution is 5.83. The minimum Gasteiger partial charge on any atom is -0.490 e. The van der Waals surface area contributed by atoms with Crippen LogP contribution >= 0.6 is 0 Å². The van der Waals surface area contributed by atoms with Crippen LogP contribution in [0.3, 0.4) is 0 Å². The van der Waals surface area contributed by atoms with E-state index in [1.165, 1.54) is 0 Å². The molecule has 2 heterocycles. The highest BCUT2D eigenvalue weighted by atomic mass is 16.5. The number of benzene rings is 1. The van der Waals surface area contributed by atoms with Gasteiger partial charge in [-0.3, -0.25) is 0 Å². The molecule has 0 aliphatic carbocycles. The van der Waals surface area contributed by atoms with E-state index in [4.69, 9.17) is 14.9 Å². The Bertz CT molecular complexity index is 715. The summed E-state index contributed by atoms with van der Waals surface area (Å²) in [7, 11) is 2.12. The molecule has 0 atom stereocenters. The summed E-state index contributed by atoms with van der Waals surface area (Å²) in [5.74, 6) is 0.782. The van der Waals surface area contributed by atoms with Crippen LogP contribution in [0, 0.1) is 6.92 Å². The molecule has 1 aromatic heterocycles. The highest BCUT2D eigenvalue weighted by Gasteiger charge is 2.19. The molecule has 5 heteroatoms. The number of nitrogens with zero attached hydrogens (tertiary/aromatic N) is 1. The van der Waals surface area contributed by atoms with Crippen LogP contribution in [0.15, 0.2) is 27.4 Å². The molecule has 0 bridgehead atoms. The maximum Gasteiger partial charge on any atom is 0.359 e. The van der Waals surface area contributed by atoms with Gasteiger partial charge in [-0.2, -0.15) is 0 Å². The van der Waals surface area contributed by atoms with Crippen molar-refractivity contribution in [1.82, 2.24) is 4.90 Å². The van der Waals surface area contributed by atoms with Crippen LogP contribution in [-0.2, 0) is 0 Å². The van der Waals surface area contributed by atoms with E-state index in [1.807, 2.05) is 19.1 Å². The van der Waals surface area contributed by atoms with Crippen LogP contribution in [0.5, 0.6) is 5.75 Å². The third-order valence-corrected chi connectivity index (χ3v) is 4.09. The number of likely N-dealkylation sites (tertiary alicyclic amines) is 1. The zero-order chi connectivity index (χ0) is 15.0. The number of aryl methyl sites for hydroxylation is 1. The van der Waals surface area contributed by atoms with Gasteiger partial charge in [-0.25, -0.2) is 4.79 Å². The molecule has 0 saturated carbocycles. The Labute approximate surface area is 123 Å². The predicted octanol–water partition coefficient (Wildman–Crippen LogP) is 2.16. The van der Waals surface area contributed by atoms with Gasteiger partial charge in [0.15, 0.2) is 0 Å². The Balaban J connectivity index is 1.91. The second-order valence-corrected chi connectivity index (χ2v) is 5.72. The lowest BCUT2D eigenvalue weighted by Crippen LogP contribution is -2.35. The lowest BCUT2D eigenvalue weighted by Gasteiger charge is -2.29. The molecule has 3 rings (SSSR count). The Morgan fingerprint density at radius 1 is 1.33 bits per heavy atom. The molecule has 21 heavy (non-hydrogen) atoms. The number of nitrogens with two attached hydrogens (primary N) is 1. The standard InChI is InChI=1S/C16H20N2O3/c1-10-14(20-12-5-7-18(2)8-6-12)4-3-11-9-13(17)16(19)21-15(10)11/h3-4,9,12H,5-8,17H2,1-2H3. The minimum absolute atomic E-state index is 0.130. The Morgan fingerprint density at radius 2 is 2.05 bits per heavy atom. The first kappa shape index (κ1) is 13.9. The largest absolute Gasteiger partial charge is 0.490 e. The topological polar surface area (TPSA) is 68.7 Å². The van der Waals surface area contributed by atoms with E-state index in [9.17, 15) is 4.79 Å². The number of hydrogen-bond donors (Lipinski definition) is 1. The van der Waals surface area contributed by atoms with Gasteiger partial charge in [0, 0.05) is 24.0 Å². The van der Waals surface area contributed by atoms with E-state index in [-0.39, 0.29) is 11.8 Å². The molecule has 0 amide bonds. The Kier molecular flexibility index (Phi) is 3.59. The van der Waals surface area contributed by atoms with Crippen LogP contribution in [0.25, 0.3) is 11.0 Å². The third-order valence-electron chi connectivity index (χ3n) is 4.09. The first-order valence-corrected chi connectivity index (χ1v) is 7.23. The summed E-state index contributed by atoms with van der Waals surface area (Å²) in [6, 6.07) is 5.45. The number of anilines is 1. The smallest absolute Gasteiger partial charge is 0.359 e. The summed E-state index contributed by atoms with van der Waals surface area (Å²) < 4.78 is 11.4. The van der Waals surface area contributed by atoms with Crippen molar-refractivity contribution in [2.24, 2.45) is 0 Å². The van der Waals surface area contributed by atoms with Crippen molar-refractivity contribution >= 4 is 16.7 Å². The number of fused-ring (bicyclic) bond motifs is 1. The summed E-state index contributed by atoms with van der Waals surface area (Å²) in [5, 5.41) is 0.820. The lowest BCUT2D eigenvalue weighted by molar-refractivity contribution is 0.113. The average molecular weight is 288 g/mol. The van der Waals surface area contributed by atoms with Crippen molar-refractivity contribution in [3.05, 3.63) is 34.2 Å². The summed E-state index contributed by atoms with van der Waals surface area (Å²) in [4.78, 5) is 13.9. The number of nitrogen functional groups attached to an aromatic ring is 1. The number of piperidine rings is 1. The molecular formula is C16H20N2O3. The molecule has 1 aliphatic heterocycles. The van der Waals surface area contributed by atoms with Gasteiger partial charge in [-0.1, -0.05) is 0 Å². The van der Waals surface area contributed by atoms with E-state index in [0.29, 0.717) is 5.58 Å². The van der Waals surface area contributed by atoms with Crippen molar-refractivity contribution in [2.45, 2.75) is 25.9 Å². The molecule has 1 aromatic carbocycles. The summed E-state index contributed by atoms with van der Waals surface area (Å²) in [6.45, 7) is 4.00. The summed E-state index contributed by atoms with van der Waals surface area (Å²) in [5.41, 5.74) is 6.63. The van der Waals surface area contributed by atoms with Crippen molar-refractivity contribution in [3.63, 3.8) is 0 Å². The number of hydrogen-bond acceptors (Lipinski definition) is 5. The predicted molar refractivity (Wildman–Crippen MR) is 82.8 cm³/mol. The van der Waals surface area contributed by atoms with Crippen molar-refractivity contribution in [2.75, 3.05) is 25.9 Å². The maximum absolute atomic E-state index is 11.6. The fourth-order valence-corrected chi connectivity index (χ4v) is 2.73. The van der Waals surface area contributed by atoms with Gasteiger partial charge in [0.25, 0.3) is 0 Å². The fourth-order valence-electron chi connectivity index (χ4n) is 2.73. The highest BCUT2D eigenvalue weighted by Crippen LogP contribution is 2.29. The molecule has 1 fully saturated rings. The second kappa shape index (κ2) is 5.41. The molecular weight excluding hydrogens is 268 g/mol. The van der Waals surface area contributed by atoms with Crippen LogP contribution in [0.4, 0.5) is 5.69 Å². The van der Waals surface area contributed by atoms with Crippen LogP contribution in [0.2, 0.25) is 0 Å². The number of ether oxygens (including phenoxy) is 1. The fraction of sp³-hybridized carbons (Fsp3) is 0.438. The molecule has 0 unspecified atom stereocenters. The van der Waals surface area contributed by atoms with Gasteiger partial charge < -0.3 is 19.8 Å². The minimum atomic E-state index is -0.498. The molecule has 1 aliphatic rings. The Morgan fingerprint density at radius 3 is 2.76 bits per heavy atom. The zero-order valence-corrected chi connectivity index (χ0v) is 12.4. The van der Waals surface area contributed by atoms with Crippen LogP contribution in [0.1, 0.15) is 18.4 Å². The average Bonchev–Trinajstić information content (AvgIpc) is 2.47.